The van der Waals surface area contributed by atoms with Crippen molar-refractivity contribution in [2.75, 3.05) is 18.5 Å². The number of rotatable bonds is 7. The van der Waals surface area contributed by atoms with Crippen LogP contribution in [0.4, 0.5) is 5.95 Å². The minimum atomic E-state index is 0.251. The minimum Gasteiger partial charge on any atom is -0.396 e. The maximum atomic E-state index is 8.94. The van der Waals surface area contributed by atoms with E-state index in [-0.39, 0.29) is 6.61 Å². The Morgan fingerprint density at radius 1 is 1.31 bits per heavy atom. The summed E-state index contributed by atoms with van der Waals surface area (Å²) in [6.07, 6.45) is 6.71. The molecule has 4 heteroatoms. The lowest BCUT2D eigenvalue weighted by atomic mass is 10.0. The van der Waals surface area contributed by atoms with Gasteiger partial charge in [0, 0.05) is 25.5 Å². The van der Waals surface area contributed by atoms with Gasteiger partial charge in [0.05, 0.1) is 0 Å². The van der Waals surface area contributed by atoms with Crippen LogP contribution in [0.5, 0.6) is 0 Å². The van der Waals surface area contributed by atoms with Crippen molar-refractivity contribution < 1.29 is 5.11 Å². The van der Waals surface area contributed by atoms with Gasteiger partial charge in [0.1, 0.15) is 0 Å². The summed E-state index contributed by atoms with van der Waals surface area (Å²) in [6.45, 7) is 5.21. The van der Waals surface area contributed by atoms with E-state index in [2.05, 4.69) is 22.2 Å². The van der Waals surface area contributed by atoms with Gasteiger partial charge in [-0.05, 0) is 31.2 Å². The number of hydrogen-bond donors (Lipinski definition) is 2. The second-order valence-electron chi connectivity index (χ2n) is 4.13. The highest BCUT2D eigenvalue weighted by Gasteiger charge is 2.07. The highest BCUT2D eigenvalue weighted by molar-refractivity contribution is 5.24. The lowest BCUT2D eigenvalue weighted by Gasteiger charge is -2.15. The Bertz CT molecular complexity index is 281. The molecule has 0 aliphatic carbocycles. The predicted octanol–water partition coefficient (Wildman–Crippen LogP) is 2.00. The van der Waals surface area contributed by atoms with Crippen LogP contribution in [-0.2, 0) is 0 Å². The van der Waals surface area contributed by atoms with Crippen molar-refractivity contribution in [2.45, 2.75) is 33.1 Å². The third-order valence-corrected chi connectivity index (χ3v) is 2.56. The van der Waals surface area contributed by atoms with Crippen molar-refractivity contribution in [3.8, 4) is 0 Å². The van der Waals surface area contributed by atoms with Gasteiger partial charge in [0.2, 0.25) is 5.95 Å². The van der Waals surface area contributed by atoms with Crippen LogP contribution in [0.2, 0.25) is 0 Å². The average molecular weight is 223 g/mol. The topological polar surface area (TPSA) is 58.0 Å². The molecule has 0 amide bonds. The van der Waals surface area contributed by atoms with Gasteiger partial charge in [-0.1, -0.05) is 13.3 Å². The first kappa shape index (κ1) is 12.9. The summed E-state index contributed by atoms with van der Waals surface area (Å²) in [5.41, 5.74) is 1.06. The van der Waals surface area contributed by atoms with Gasteiger partial charge in [0.25, 0.3) is 0 Å². The number of aliphatic hydroxyl groups excluding tert-OH is 1. The van der Waals surface area contributed by atoms with E-state index in [9.17, 15) is 0 Å². The Morgan fingerprint density at radius 2 is 2.00 bits per heavy atom. The van der Waals surface area contributed by atoms with E-state index in [1.165, 1.54) is 0 Å². The van der Waals surface area contributed by atoms with Crippen molar-refractivity contribution in [3.63, 3.8) is 0 Å². The molecule has 4 nitrogen and oxygen atoms in total. The van der Waals surface area contributed by atoms with E-state index in [0.717, 1.165) is 31.4 Å². The fraction of sp³-hybridized carbons (Fsp3) is 0.667. The van der Waals surface area contributed by atoms with Crippen LogP contribution in [0.1, 0.15) is 31.7 Å². The van der Waals surface area contributed by atoms with Gasteiger partial charge in [-0.15, -0.1) is 0 Å². The molecule has 0 spiro atoms. The second-order valence-corrected chi connectivity index (χ2v) is 4.13. The van der Waals surface area contributed by atoms with Crippen molar-refractivity contribution in [2.24, 2.45) is 5.92 Å². The van der Waals surface area contributed by atoms with Gasteiger partial charge in [-0.3, -0.25) is 0 Å². The first-order valence-electron chi connectivity index (χ1n) is 5.89. The number of aliphatic hydroxyl groups is 1. The quantitative estimate of drug-likeness (QED) is 0.742. The molecule has 1 rings (SSSR count). The standard InChI is InChI=1S/C12H21N3O/c1-3-4-11(5-6-16)9-15-12-13-7-10(2)8-14-12/h7-8,11,16H,3-6,9H2,1-2H3,(H,13,14,15). The van der Waals surface area contributed by atoms with Crippen LogP contribution in [0.15, 0.2) is 12.4 Å². The van der Waals surface area contributed by atoms with Crippen LogP contribution in [0, 0.1) is 12.8 Å². The average Bonchev–Trinajstić information content (AvgIpc) is 2.29. The van der Waals surface area contributed by atoms with Gasteiger partial charge >= 0.3 is 0 Å². The summed E-state index contributed by atoms with van der Waals surface area (Å²) in [5, 5.41) is 12.1. The zero-order chi connectivity index (χ0) is 11.8. The highest BCUT2D eigenvalue weighted by atomic mass is 16.3. The molecule has 1 aromatic heterocycles. The summed E-state index contributed by atoms with van der Waals surface area (Å²) >= 11 is 0. The minimum absolute atomic E-state index is 0.251. The Morgan fingerprint density at radius 3 is 2.56 bits per heavy atom. The summed E-state index contributed by atoms with van der Waals surface area (Å²) in [5.74, 6) is 1.17. The zero-order valence-corrected chi connectivity index (χ0v) is 10.1. The molecule has 0 aliphatic heterocycles. The van der Waals surface area contributed by atoms with E-state index in [0.29, 0.717) is 11.9 Å². The third-order valence-electron chi connectivity index (χ3n) is 2.56. The smallest absolute Gasteiger partial charge is 0.222 e. The fourth-order valence-corrected chi connectivity index (χ4v) is 1.66. The molecule has 16 heavy (non-hydrogen) atoms. The van der Waals surface area contributed by atoms with E-state index >= 15 is 0 Å². The van der Waals surface area contributed by atoms with Gasteiger partial charge < -0.3 is 10.4 Å². The fourth-order valence-electron chi connectivity index (χ4n) is 1.66. The van der Waals surface area contributed by atoms with Gasteiger partial charge in [-0.2, -0.15) is 0 Å². The number of nitrogens with zero attached hydrogens (tertiary/aromatic N) is 2. The zero-order valence-electron chi connectivity index (χ0n) is 10.1. The number of nitrogens with one attached hydrogen (secondary N) is 1. The molecular formula is C12H21N3O. The first-order valence-corrected chi connectivity index (χ1v) is 5.89. The Hall–Kier alpha value is -1.16. The number of aromatic nitrogens is 2. The lowest BCUT2D eigenvalue weighted by molar-refractivity contribution is 0.255. The summed E-state index contributed by atoms with van der Waals surface area (Å²) in [6, 6.07) is 0. The molecule has 1 heterocycles. The summed E-state index contributed by atoms with van der Waals surface area (Å²) in [7, 11) is 0. The molecule has 2 N–H and O–H groups in total. The molecule has 0 radical (unpaired) electrons. The summed E-state index contributed by atoms with van der Waals surface area (Å²) in [4.78, 5) is 8.37. The van der Waals surface area contributed by atoms with Gasteiger partial charge in [0.15, 0.2) is 0 Å². The van der Waals surface area contributed by atoms with Crippen molar-refractivity contribution in [3.05, 3.63) is 18.0 Å². The highest BCUT2D eigenvalue weighted by Crippen LogP contribution is 2.11. The molecule has 0 aromatic carbocycles. The molecule has 0 saturated heterocycles. The Balaban J connectivity index is 2.38. The molecule has 1 atom stereocenters. The number of aryl methyl sites for hydroxylation is 1. The Kier molecular flexibility index (Phi) is 5.78. The van der Waals surface area contributed by atoms with Crippen LogP contribution < -0.4 is 5.32 Å². The van der Waals surface area contributed by atoms with Gasteiger partial charge in [-0.25, -0.2) is 9.97 Å². The van der Waals surface area contributed by atoms with Crippen molar-refractivity contribution >= 4 is 5.95 Å². The lowest BCUT2D eigenvalue weighted by Crippen LogP contribution is -2.17. The number of anilines is 1. The van der Waals surface area contributed by atoms with Crippen molar-refractivity contribution in [1.82, 2.24) is 9.97 Å². The predicted molar refractivity (Wildman–Crippen MR) is 65.4 cm³/mol. The van der Waals surface area contributed by atoms with E-state index in [1.807, 2.05) is 6.92 Å². The van der Waals surface area contributed by atoms with Crippen LogP contribution in [0.3, 0.4) is 0 Å². The van der Waals surface area contributed by atoms with Crippen LogP contribution in [-0.4, -0.2) is 28.2 Å². The van der Waals surface area contributed by atoms with Crippen LogP contribution >= 0.6 is 0 Å². The Labute approximate surface area is 97.1 Å². The maximum Gasteiger partial charge on any atom is 0.222 e. The second kappa shape index (κ2) is 7.17. The summed E-state index contributed by atoms with van der Waals surface area (Å²) < 4.78 is 0. The normalized spacial score (nSPS) is 12.4. The molecule has 0 saturated carbocycles. The van der Waals surface area contributed by atoms with Crippen molar-refractivity contribution in [1.29, 1.82) is 0 Å². The molecule has 0 fully saturated rings. The molecule has 0 aliphatic rings. The largest absolute Gasteiger partial charge is 0.396 e. The molecule has 1 aromatic rings. The molecule has 90 valence electrons. The SMILES string of the molecule is CCCC(CCO)CNc1ncc(C)cn1. The van der Waals surface area contributed by atoms with E-state index in [1.54, 1.807) is 12.4 Å². The van der Waals surface area contributed by atoms with E-state index < -0.39 is 0 Å². The first-order chi connectivity index (χ1) is 7.76. The maximum absolute atomic E-state index is 8.94. The van der Waals surface area contributed by atoms with E-state index in [4.69, 9.17) is 5.11 Å². The van der Waals surface area contributed by atoms with Crippen LogP contribution in [0.25, 0.3) is 0 Å². The monoisotopic (exact) mass is 223 g/mol. The third kappa shape index (κ3) is 4.57. The number of hydrogen-bond acceptors (Lipinski definition) is 4. The molecule has 0 bridgehead atoms. The molecular weight excluding hydrogens is 202 g/mol. The molecule has 1 unspecified atom stereocenters.